The van der Waals surface area contributed by atoms with Crippen molar-refractivity contribution in [2.24, 2.45) is 0 Å². The summed E-state index contributed by atoms with van der Waals surface area (Å²) in [5.41, 5.74) is 1.42. The van der Waals surface area contributed by atoms with Gasteiger partial charge >= 0.3 is 0 Å². The van der Waals surface area contributed by atoms with Crippen molar-refractivity contribution in [3.05, 3.63) is 41.5 Å². The molecule has 0 saturated heterocycles. The van der Waals surface area contributed by atoms with Crippen molar-refractivity contribution in [1.82, 2.24) is 9.55 Å². The SMILES string of the molecule is COc1ccc(/C=C2/Cn3ccnc3C2=O)c(OC)c1OC. The average Bonchev–Trinajstić information content (AvgIpc) is 3.10. The Kier molecular flexibility index (Phi) is 3.58. The predicted octanol–water partition coefficient (Wildman–Crippen LogP) is 2.19. The van der Waals surface area contributed by atoms with Gasteiger partial charge in [0.15, 0.2) is 17.3 Å². The van der Waals surface area contributed by atoms with Gasteiger partial charge < -0.3 is 18.8 Å². The molecule has 0 unspecified atom stereocenters. The fourth-order valence-electron chi connectivity index (χ4n) is 2.58. The highest BCUT2D eigenvalue weighted by atomic mass is 16.5. The van der Waals surface area contributed by atoms with Gasteiger partial charge in [-0.2, -0.15) is 0 Å². The van der Waals surface area contributed by atoms with Crippen molar-refractivity contribution in [2.45, 2.75) is 6.54 Å². The Morgan fingerprint density at radius 2 is 1.91 bits per heavy atom. The van der Waals surface area contributed by atoms with Crippen LogP contribution in [0.4, 0.5) is 0 Å². The third-order valence-electron chi connectivity index (χ3n) is 3.62. The van der Waals surface area contributed by atoms with Gasteiger partial charge in [0.05, 0.1) is 27.9 Å². The second-order valence-electron chi connectivity index (χ2n) is 4.80. The van der Waals surface area contributed by atoms with Crippen LogP contribution in [0.5, 0.6) is 17.2 Å². The molecule has 0 bridgehead atoms. The van der Waals surface area contributed by atoms with Crippen LogP contribution in [-0.4, -0.2) is 36.7 Å². The van der Waals surface area contributed by atoms with E-state index in [0.29, 0.717) is 35.2 Å². The summed E-state index contributed by atoms with van der Waals surface area (Å²) in [6.07, 6.45) is 5.22. The fourth-order valence-corrected chi connectivity index (χ4v) is 2.58. The lowest BCUT2D eigenvalue weighted by molar-refractivity contribution is 0.103. The van der Waals surface area contributed by atoms with Gasteiger partial charge in [0.25, 0.3) is 0 Å². The number of benzene rings is 1. The molecule has 3 rings (SSSR count). The molecule has 0 saturated carbocycles. The number of fused-ring (bicyclic) bond motifs is 1. The first-order valence-electron chi connectivity index (χ1n) is 6.75. The molecule has 114 valence electrons. The second-order valence-corrected chi connectivity index (χ2v) is 4.80. The van der Waals surface area contributed by atoms with E-state index >= 15 is 0 Å². The molecule has 1 aliphatic rings. The van der Waals surface area contributed by atoms with Gasteiger partial charge in [-0.25, -0.2) is 4.98 Å². The maximum atomic E-state index is 12.3. The third kappa shape index (κ3) is 2.13. The van der Waals surface area contributed by atoms with E-state index in [-0.39, 0.29) is 5.78 Å². The highest BCUT2D eigenvalue weighted by Gasteiger charge is 2.26. The Balaban J connectivity index is 2.05. The number of rotatable bonds is 4. The standard InChI is InChI=1S/C16H16N2O4/c1-20-12-5-4-10(14(21-2)15(12)22-3)8-11-9-18-7-6-17-16(18)13(11)19/h4-8H,9H2,1-3H3/b11-8-. The molecule has 0 spiro atoms. The summed E-state index contributed by atoms with van der Waals surface area (Å²) >= 11 is 0. The first-order chi connectivity index (χ1) is 10.7. The number of aromatic nitrogens is 2. The van der Waals surface area contributed by atoms with Crippen molar-refractivity contribution >= 4 is 11.9 Å². The molecule has 6 nitrogen and oxygen atoms in total. The zero-order chi connectivity index (χ0) is 15.7. The van der Waals surface area contributed by atoms with E-state index in [2.05, 4.69) is 4.98 Å². The van der Waals surface area contributed by atoms with Crippen LogP contribution in [0.15, 0.2) is 30.1 Å². The molecule has 1 aliphatic heterocycles. The molecule has 0 atom stereocenters. The quantitative estimate of drug-likeness (QED) is 0.810. The number of hydrogen-bond donors (Lipinski definition) is 0. The first kappa shape index (κ1) is 14.2. The van der Waals surface area contributed by atoms with E-state index < -0.39 is 0 Å². The van der Waals surface area contributed by atoms with Crippen LogP contribution in [-0.2, 0) is 6.54 Å². The number of carbonyl (C=O) groups excluding carboxylic acids is 1. The number of ether oxygens (including phenoxy) is 3. The minimum Gasteiger partial charge on any atom is -0.493 e. The molecule has 2 aromatic rings. The Morgan fingerprint density at radius 3 is 2.55 bits per heavy atom. The summed E-state index contributed by atoms with van der Waals surface area (Å²) in [6.45, 7) is 0.506. The highest BCUT2D eigenvalue weighted by Crippen LogP contribution is 2.41. The van der Waals surface area contributed by atoms with Crippen LogP contribution in [0.1, 0.15) is 16.2 Å². The number of ketones is 1. The van der Waals surface area contributed by atoms with Gasteiger partial charge in [0.1, 0.15) is 0 Å². The molecule has 0 fully saturated rings. The van der Waals surface area contributed by atoms with Gasteiger partial charge in [-0.1, -0.05) is 0 Å². The van der Waals surface area contributed by atoms with Crippen LogP contribution >= 0.6 is 0 Å². The number of carbonyl (C=O) groups is 1. The molecule has 1 aromatic heterocycles. The topological polar surface area (TPSA) is 62.6 Å². The molecule has 2 heterocycles. The summed E-state index contributed by atoms with van der Waals surface area (Å²) in [7, 11) is 4.67. The van der Waals surface area contributed by atoms with E-state index in [1.807, 2.05) is 10.6 Å². The zero-order valence-corrected chi connectivity index (χ0v) is 12.6. The Hall–Kier alpha value is -2.76. The van der Waals surface area contributed by atoms with E-state index in [1.165, 1.54) is 0 Å². The maximum absolute atomic E-state index is 12.3. The zero-order valence-electron chi connectivity index (χ0n) is 12.6. The smallest absolute Gasteiger partial charge is 0.226 e. The lowest BCUT2D eigenvalue weighted by atomic mass is 10.1. The normalized spacial score (nSPS) is 15.0. The van der Waals surface area contributed by atoms with E-state index in [0.717, 1.165) is 5.56 Å². The minimum atomic E-state index is -0.0677. The van der Waals surface area contributed by atoms with Crippen molar-refractivity contribution in [3.63, 3.8) is 0 Å². The van der Waals surface area contributed by atoms with Crippen LogP contribution in [0, 0.1) is 0 Å². The summed E-state index contributed by atoms with van der Waals surface area (Å²) in [6, 6.07) is 3.62. The van der Waals surface area contributed by atoms with Crippen molar-refractivity contribution < 1.29 is 19.0 Å². The lowest BCUT2D eigenvalue weighted by Crippen LogP contribution is -1.99. The van der Waals surface area contributed by atoms with Gasteiger partial charge in [-0.05, 0) is 18.2 Å². The van der Waals surface area contributed by atoms with Gasteiger partial charge in [-0.3, -0.25) is 4.79 Å². The summed E-state index contributed by atoms with van der Waals surface area (Å²) in [5, 5.41) is 0. The number of allylic oxidation sites excluding steroid dienone is 1. The van der Waals surface area contributed by atoms with Gasteiger partial charge in [0.2, 0.25) is 11.5 Å². The molecule has 0 N–H and O–H groups in total. The van der Waals surface area contributed by atoms with Gasteiger partial charge in [-0.15, -0.1) is 0 Å². The van der Waals surface area contributed by atoms with Crippen LogP contribution in [0.3, 0.4) is 0 Å². The Bertz CT molecular complexity index is 762. The van der Waals surface area contributed by atoms with Crippen molar-refractivity contribution in [2.75, 3.05) is 21.3 Å². The van der Waals surface area contributed by atoms with Gasteiger partial charge in [0, 0.05) is 23.5 Å². The third-order valence-corrected chi connectivity index (χ3v) is 3.62. The fraction of sp³-hybridized carbons (Fsp3) is 0.250. The van der Waals surface area contributed by atoms with Crippen molar-refractivity contribution in [3.8, 4) is 17.2 Å². The molecular weight excluding hydrogens is 284 g/mol. The molecule has 6 heteroatoms. The number of nitrogens with zero attached hydrogens (tertiary/aromatic N) is 2. The number of Topliss-reactive ketones (excluding diaryl/α,β-unsaturated/α-hetero) is 1. The number of hydrogen-bond acceptors (Lipinski definition) is 5. The number of methoxy groups -OCH3 is 3. The molecular formula is C16H16N2O4. The van der Waals surface area contributed by atoms with Crippen LogP contribution < -0.4 is 14.2 Å². The summed E-state index contributed by atoms with van der Waals surface area (Å²) in [5.74, 6) is 2.01. The van der Waals surface area contributed by atoms with E-state index in [4.69, 9.17) is 14.2 Å². The number of imidazole rings is 1. The predicted molar refractivity (Wildman–Crippen MR) is 80.6 cm³/mol. The average molecular weight is 300 g/mol. The first-order valence-corrected chi connectivity index (χ1v) is 6.75. The van der Waals surface area contributed by atoms with E-state index in [1.54, 1.807) is 45.9 Å². The second kappa shape index (κ2) is 5.55. The minimum absolute atomic E-state index is 0.0677. The monoisotopic (exact) mass is 300 g/mol. The molecule has 0 radical (unpaired) electrons. The maximum Gasteiger partial charge on any atom is 0.226 e. The van der Waals surface area contributed by atoms with E-state index in [9.17, 15) is 4.79 Å². The summed E-state index contributed by atoms with van der Waals surface area (Å²) < 4.78 is 17.9. The Labute approximate surface area is 127 Å². The summed E-state index contributed by atoms with van der Waals surface area (Å²) in [4.78, 5) is 16.4. The molecule has 0 aliphatic carbocycles. The molecule has 0 amide bonds. The highest BCUT2D eigenvalue weighted by molar-refractivity contribution is 6.11. The largest absolute Gasteiger partial charge is 0.493 e. The van der Waals surface area contributed by atoms with Crippen LogP contribution in [0.2, 0.25) is 0 Å². The van der Waals surface area contributed by atoms with Crippen molar-refractivity contribution in [1.29, 1.82) is 0 Å². The van der Waals surface area contributed by atoms with Crippen LogP contribution in [0.25, 0.3) is 6.08 Å². The Morgan fingerprint density at radius 1 is 1.14 bits per heavy atom. The lowest BCUT2D eigenvalue weighted by Gasteiger charge is -2.14. The molecule has 22 heavy (non-hydrogen) atoms. The molecule has 1 aromatic carbocycles.